The van der Waals surface area contributed by atoms with Crippen LogP contribution in [0, 0.1) is 17.8 Å². The van der Waals surface area contributed by atoms with Gasteiger partial charge in [0.05, 0.1) is 12.2 Å². The first-order valence-corrected chi connectivity index (χ1v) is 7.92. The molecule has 0 radical (unpaired) electrons. The van der Waals surface area contributed by atoms with Gasteiger partial charge in [0.25, 0.3) is 0 Å². The molecule has 2 rings (SSSR count). The van der Waals surface area contributed by atoms with Crippen LogP contribution in [0.15, 0.2) is 24.3 Å². The monoisotopic (exact) mass is 276 g/mol. The molecule has 4 atom stereocenters. The lowest BCUT2D eigenvalue weighted by Gasteiger charge is -2.34. The summed E-state index contributed by atoms with van der Waals surface area (Å²) in [7, 11) is 0. The minimum Gasteiger partial charge on any atom is -0.491 e. The normalized spacial score (nSPS) is 28.4. The van der Waals surface area contributed by atoms with Crippen LogP contribution >= 0.6 is 0 Å². The van der Waals surface area contributed by atoms with E-state index in [-0.39, 0.29) is 12.2 Å². The van der Waals surface area contributed by atoms with Crippen LogP contribution in [-0.2, 0) is 0 Å². The van der Waals surface area contributed by atoms with Crippen molar-refractivity contribution in [3.05, 3.63) is 29.8 Å². The van der Waals surface area contributed by atoms with Gasteiger partial charge in [-0.05, 0) is 62.1 Å². The van der Waals surface area contributed by atoms with E-state index >= 15 is 0 Å². The number of ether oxygens (including phenoxy) is 1. The molecule has 1 aliphatic carbocycles. The predicted octanol–water partition coefficient (Wildman–Crippen LogP) is 4.58. The fourth-order valence-electron chi connectivity index (χ4n) is 3.16. The minimum absolute atomic E-state index is 0.187. The molecule has 0 amide bonds. The summed E-state index contributed by atoms with van der Waals surface area (Å²) in [6.07, 6.45) is 3.35. The smallest absolute Gasteiger partial charge is 0.119 e. The van der Waals surface area contributed by atoms with Crippen molar-refractivity contribution in [2.24, 2.45) is 17.8 Å². The molecule has 0 heterocycles. The summed E-state index contributed by atoms with van der Waals surface area (Å²) in [5.74, 6) is 2.78. The predicted molar refractivity (Wildman–Crippen MR) is 82.8 cm³/mol. The second kappa shape index (κ2) is 6.62. The molecule has 2 heteroatoms. The average molecular weight is 276 g/mol. The topological polar surface area (TPSA) is 29.5 Å². The zero-order valence-electron chi connectivity index (χ0n) is 13.2. The van der Waals surface area contributed by atoms with Gasteiger partial charge in [0, 0.05) is 0 Å². The molecule has 4 unspecified atom stereocenters. The third-order valence-corrected chi connectivity index (χ3v) is 4.68. The van der Waals surface area contributed by atoms with Crippen LogP contribution in [0.25, 0.3) is 0 Å². The van der Waals surface area contributed by atoms with E-state index in [1.54, 1.807) is 0 Å². The lowest BCUT2D eigenvalue weighted by Crippen LogP contribution is -2.25. The van der Waals surface area contributed by atoms with Crippen molar-refractivity contribution in [2.45, 2.75) is 59.2 Å². The molecule has 1 aromatic rings. The zero-order chi connectivity index (χ0) is 14.7. The van der Waals surface area contributed by atoms with Gasteiger partial charge in [0.15, 0.2) is 0 Å². The molecule has 0 saturated heterocycles. The van der Waals surface area contributed by atoms with Gasteiger partial charge in [-0.3, -0.25) is 0 Å². The van der Waals surface area contributed by atoms with E-state index in [0.717, 1.165) is 30.1 Å². The van der Waals surface area contributed by atoms with Crippen LogP contribution < -0.4 is 4.74 Å². The number of aliphatic hydroxyl groups is 1. The Balaban J connectivity index is 2.00. The highest BCUT2D eigenvalue weighted by Gasteiger charge is 2.29. The molecule has 1 aromatic carbocycles. The molecule has 0 bridgehead atoms. The van der Waals surface area contributed by atoms with Crippen molar-refractivity contribution in [1.29, 1.82) is 0 Å². The van der Waals surface area contributed by atoms with E-state index in [0.29, 0.717) is 11.8 Å². The average Bonchev–Trinajstić information content (AvgIpc) is 2.41. The fraction of sp³-hybridized carbons (Fsp3) is 0.667. The maximum Gasteiger partial charge on any atom is 0.119 e. The first-order valence-electron chi connectivity index (χ1n) is 7.92. The number of hydrogen-bond donors (Lipinski definition) is 1. The van der Waals surface area contributed by atoms with E-state index in [4.69, 9.17) is 4.74 Å². The summed E-state index contributed by atoms with van der Waals surface area (Å²) in [5, 5.41) is 10.6. The standard InChI is InChI=1S/C18H28O2/c1-12(2)20-17-9-7-15(8-10-17)18(19)16-6-5-13(3)14(4)11-16/h7-10,12-14,16,18-19H,5-6,11H2,1-4H3. The third-order valence-electron chi connectivity index (χ3n) is 4.68. The Morgan fingerprint density at radius 2 is 1.70 bits per heavy atom. The van der Waals surface area contributed by atoms with Crippen LogP contribution in [0.5, 0.6) is 5.75 Å². The fourth-order valence-corrected chi connectivity index (χ4v) is 3.16. The van der Waals surface area contributed by atoms with E-state index in [9.17, 15) is 5.11 Å². The van der Waals surface area contributed by atoms with Gasteiger partial charge in [0.2, 0.25) is 0 Å². The summed E-state index contributed by atoms with van der Waals surface area (Å²) in [6.45, 7) is 8.68. The molecule has 1 aliphatic rings. The number of benzene rings is 1. The van der Waals surface area contributed by atoms with E-state index < -0.39 is 0 Å². The zero-order valence-corrected chi connectivity index (χ0v) is 13.2. The summed E-state index contributed by atoms with van der Waals surface area (Å²) in [5.41, 5.74) is 1.02. The molecule has 1 saturated carbocycles. The largest absolute Gasteiger partial charge is 0.491 e. The van der Waals surface area contributed by atoms with Gasteiger partial charge in [-0.2, -0.15) is 0 Å². The number of aliphatic hydroxyl groups excluding tert-OH is 1. The molecule has 0 spiro atoms. The van der Waals surface area contributed by atoms with Crippen molar-refractivity contribution in [2.75, 3.05) is 0 Å². The van der Waals surface area contributed by atoms with Crippen LogP contribution in [0.4, 0.5) is 0 Å². The van der Waals surface area contributed by atoms with Crippen LogP contribution in [0.1, 0.15) is 58.6 Å². The van der Waals surface area contributed by atoms with E-state index in [1.807, 2.05) is 38.1 Å². The maximum atomic E-state index is 10.6. The quantitative estimate of drug-likeness (QED) is 0.872. The Morgan fingerprint density at radius 3 is 2.25 bits per heavy atom. The molecular weight excluding hydrogens is 248 g/mol. The summed E-state index contributed by atoms with van der Waals surface area (Å²) in [4.78, 5) is 0. The van der Waals surface area contributed by atoms with Gasteiger partial charge in [-0.1, -0.05) is 32.4 Å². The summed E-state index contributed by atoms with van der Waals surface area (Å²) in [6, 6.07) is 7.94. The van der Waals surface area contributed by atoms with Crippen LogP contribution in [0.3, 0.4) is 0 Å². The van der Waals surface area contributed by atoms with Crippen molar-refractivity contribution in [1.82, 2.24) is 0 Å². The third kappa shape index (κ3) is 3.76. The first kappa shape index (κ1) is 15.4. The second-order valence-electron chi connectivity index (χ2n) is 6.71. The molecule has 0 aromatic heterocycles. The molecule has 1 N–H and O–H groups in total. The number of rotatable bonds is 4. The molecule has 20 heavy (non-hydrogen) atoms. The van der Waals surface area contributed by atoms with Crippen LogP contribution in [0.2, 0.25) is 0 Å². The van der Waals surface area contributed by atoms with Crippen molar-refractivity contribution in [3.63, 3.8) is 0 Å². The van der Waals surface area contributed by atoms with Gasteiger partial charge in [0.1, 0.15) is 5.75 Å². The lowest BCUT2D eigenvalue weighted by molar-refractivity contribution is 0.0560. The van der Waals surface area contributed by atoms with Gasteiger partial charge in [-0.15, -0.1) is 0 Å². The highest BCUT2D eigenvalue weighted by atomic mass is 16.5. The SMILES string of the molecule is CC(C)Oc1ccc(C(O)C2CCC(C)C(C)C2)cc1. The Hall–Kier alpha value is -1.02. The molecule has 2 nitrogen and oxygen atoms in total. The summed E-state index contributed by atoms with van der Waals surface area (Å²) >= 11 is 0. The minimum atomic E-state index is -0.335. The van der Waals surface area contributed by atoms with Gasteiger partial charge < -0.3 is 9.84 Å². The number of hydrogen-bond acceptors (Lipinski definition) is 2. The van der Waals surface area contributed by atoms with Crippen LogP contribution in [-0.4, -0.2) is 11.2 Å². The highest BCUT2D eigenvalue weighted by Crippen LogP contribution is 2.40. The Labute approximate surface area is 123 Å². The van der Waals surface area contributed by atoms with Crippen molar-refractivity contribution >= 4 is 0 Å². The molecule has 1 fully saturated rings. The molecule has 0 aliphatic heterocycles. The Bertz CT molecular complexity index is 410. The lowest BCUT2D eigenvalue weighted by atomic mass is 9.73. The summed E-state index contributed by atoms with van der Waals surface area (Å²) < 4.78 is 5.64. The van der Waals surface area contributed by atoms with Gasteiger partial charge >= 0.3 is 0 Å². The maximum absolute atomic E-state index is 10.6. The first-order chi connectivity index (χ1) is 9.47. The van der Waals surface area contributed by atoms with Crippen molar-refractivity contribution < 1.29 is 9.84 Å². The van der Waals surface area contributed by atoms with Crippen molar-refractivity contribution in [3.8, 4) is 5.75 Å². The van der Waals surface area contributed by atoms with E-state index in [2.05, 4.69) is 13.8 Å². The Kier molecular flexibility index (Phi) is 5.09. The Morgan fingerprint density at radius 1 is 1.05 bits per heavy atom. The van der Waals surface area contributed by atoms with E-state index in [1.165, 1.54) is 6.42 Å². The van der Waals surface area contributed by atoms with Gasteiger partial charge in [-0.25, -0.2) is 0 Å². The second-order valence-corrected chi connectivity index (χ2v) is 6.71. The molecular formula is C18H28O2. The molecule has 112 valence electrons. The highest BCUT2D eigenvalue weighted by molar-refractivity contribution is 5.29.